The third-order valence-corrected chi connectivity index (χ3v) is 5.28. The Kier molecular flexibility index (Phi) is 5.77. The number of aromatic nitrogens is 5. The van der Waals surface area contributed by atoms with Crippen LogP contribution in [0, 0.1) is 6.92 Å². The summed E-state index contributed by atoms with van der Waals surface area (Å²) in [4.78, 5) is 16.6. The van der Waals surface area contributed by atoms with Crippen LogP contribution in [-0.2, 0) is 23.5 Å². The molecule has 2 heterocycles. The van der Waals surface area contributed by atoms with Crippen molar-refractivity contribution < 1.29 is 4.79 Å². The third kappa shape index (κ3) is 4.86. The number of carbonyl (C=O) groups is 1. The number of anilines is 1. The summed E-state index contributed by atoms with van der Waals surface area (Å²) in [7, 11) is 0. The predicted molar refractivity (Wildman–Crippen MR) is 98.7 cm³/mol. The van der Waals surface area contributed by atoms with Gasteiger partial charge in [0, 0.05) is 23.4 Å². The molecule has 25 heavy (non-hydrogen) atoms. The number of carbonyl (C=O) groups excluding carboxylic acids is 1. The van der Waals surface area contributed by atoms with Crippen LogP contribution in [0.3, 0.4) is 0 Å². The number of thioether (sulfide) groups is 1. The lowest BCUT2D eigenvalue weighted by Crippen LogP contribution is -2.14. The summed E-state index contributed by atoms with van der Waals surface area (Å²) in [5, 5.41) is 18.0. The monoisotopic (exact) mass is 374 g/mol. The zero-order valence-electron chi connectivity index (χ0n) is 14.0. The van der Waals surface area contributed by atoms with Crippen LogP contribution in [0.15, 0.2) is 34.8 Å². The predicted octanol–water partition coefficient (Wildman–Crippen LogP) is 2.93. The van der Waals surface area contributed by atoms with E-state index in [1.54, 1.807) is 4.68 Å². The van der Waals surface area contributed by atoms with E-state index in [-0.39, 0.29) is 12.3 Å². The number of thiazole rings is 1. The number of benzene rings is 1. The van der Waals surface area contributed by atoms with Gasteiger partial charge in [0.25, 0.3) is 0 Å². The molecule has 0 atom stereocenters. The number of hydrogen-bond acceptors (Lipinski definition) is 7. The smallest absolute Gasteiger partial charge is 0.231 e. The maximum atomic E-state index is 12.1. The second-order valence-corrected chi connectivity index (χ2v) is 7.27. The highest BCUT2D eigenvalue weighted by molar-refractivity contribution is 7.98. The molecule has 0 aliphatic heterocycles. The first-order chi connectivity index (χ1) is 12.1. The topological polar surface area (TPSA) is 85.6 Å². The number of nitrogens with one attached hydrogen (secondary N) is 1. The van der Waals surface area contributed by atoms with Gasteiger partial charge in [-0.3, -0.25) is 4.79 Å². The van der Waals surface area contributed by atoms with Gasteiger partial charge in [-0.2, -0.15) is 0 Å². The fourth-order valence-corrected chi connectivity index (χ4v) is 3.84. The first-order valence-electron chi connectivity index (χ1n) is 7.83. The van der Waals surface area contributed by atoms with Gasteiger partial charge in [0.05, 0.1) is 12.1 Å². The van der Waals surface area contributed by atoms with Crippen molar-refractivity contribution >= 4 is 34.7 Å². The van der Waals surface area contributed by atoms with Gasteiger partial charge in [0.2, 0.25) is 11.1 Å². The van der Waals surface area contributed by atoms with E-state index in [1.807, 2.05) is 43.5 Å². The normalized spacial score (nSPS) is 10.8. The molecule has 0 bridgehead atoms. The maximum absolute atomic E-state index is 12.1. The lowest BCUT2D eigenvalue weighted by Gasteiger charge is -2.04. The molecule has 0 radical (unpaired) electrons. The van der Waals surface area contributed by atoms with Crippen LogP contribution >= 0.6 is 23.1 Å². The van der Waals surface area contributed by atoms with Crippen molar-refractivity contribution in [2.75, 3.05) is 5.32 Å². The van der Waals surface area contributed by atoms with Gasteiger partial charge in [-0.25, -0.2) is 9.67 Å². The molecule has 0 saturated carbocycles. The van der Waals surface area contributed by atoms with Crippen LogP contribution in [0.4, 0.5) is 5.69 Å². The summed E-state index contributed by atoms with van der Waals surface area (Å²) in [5.74, 6) is 0.614. The minimum absolute atomic E-state index is 0.0627. The largest absolute Gasteiger partial charge is 0.326 e. The van der Waals surface area contributed by atoms with E-state index >= 15 is 0 Å². The average molecular weight is 374 g/mol. The number of hydrogen-bond donors (Lipinski definition) is 1. The lowest BCUT2D eigenvalue weighted by molar-refractivity contribution is -0.115. The highest BCUT2D eigenvalue weighted by Crippen LogP contribution is 2.21. The molecule has 1 aromatic carbocycles. The van der Waals surface area contributed by atoms with E-state index in [9.17, 15) is 4.79 Å². The van der Waals surface area contributed by atoms with Crippen LogP contribution in [0.2, 0.25) is 0 Å². The Labute approximate surface area is 153 Å². The highest BCUT2D eigenvalue weighted by atomic mass is 32.2. The van der Waals surface area contributed by atoms with E-state index in [2.05, 4.69) is 25.8 Å². The van der Waals surface area contributed by atoms with Gasteiger partial charge in [0.1, 0.15) is 5.01 Å². The summed E-state index contributed by atoms with van der Waals surface area (Å²) >= 11 is 3.03. The Balaban J connectivity index is 1.52. The zero-order chi connectivity index (χ0) is 17.6. The minimum atomic E-state index is -0.0627. The molecule has 0 spiro atoms. The first-order valence-corrected chi connectivity index (χ1v) is 9.69. The molecule has 7 nitrogen and oxygen atoms in total. The van der Waals surface area contributed by atoms with Crippen LogP contribution in [0.25, 0.3) is 0 Å². The summed E-state index contributed by atoms with van der Waals surface area (Å²) in [6.45, 7) is 4.74. The standard InChI is InChI=1S/C16H18N6OS2/c1-3-22-16(19-20-21-22)25-10-13-9-24-15(18-13)8-14(23)17-12-6-4-11(2)5-7-12/h4-7,9H,3,8,10H2,1-2H3,(H,17,23). The maximum Gasteiger partial charge on any atom is 0.231 e. The fourth-order valence-electron chi connectivity index (χ4n) is 2.11. The fraction of sp³-hybridized carbons (Fsp3) is 0.312. The summed E-state index contributed by atoms with van der Waals surface area (Å²) in [6, 6.07) is 7.74. The SMILES string of the molecule is CCn1nnnc1SCc1csc(CC(=O)Nc2ccc(C)cc2)n1. The van der Waals surface area contributed by atoms with Crippen LogP contribution in [0.1, 0.15) is 23.2 Å². The molecule has 130 valence electrons. The Hall–Kier alpha value is -2.26. The summed E-state index contributed by atoms with van der Waals surface area (Å²) in [5.41, 5.74) is 2.89. The van der Waals surface area contributed by atoms with Crippen molar-refractivity contribution in [1.29, 1.82) is 0 Å². The zero-order valence-corrected chi connectivity index (χ0v) is 15.6. The molecule has 1 N–H and O–H groups in total. The number of aryl methyl sites for hydroxylation is 2. The Morgan fingerprint density at radius 2 is 2.12 bits per heavy atom. The molecule has 9 heteroatoms. The molecule has 0 aliphatic carbocycles. The van der Waals surface area contributed by atoms with Gasteiger partial charge in [-0.15, -0.1) is 16.4 Å². The van der Waals surface area contributed by atoms with Crippen LogP contribution in [0.5, 0.6) is 0 Å². The Bertz CT molecular complexity index is 842. The van der Waals surface area contributed by atoms with E-state index < -0.39 is 0 Å². The Morgan fingerprint density at radius 3 is 2.88 bits per heavy atom. The van der Waals surface area contributed by atoms with E-state index in [1.165, 1.54) is 23.1 Å². The molecule has 3 rings (SSSR count). The molecule has 0 unspecified atom stereocenters. The number of tetrazole rings is 1. The van der Waals surface area contributed by atoms with Crippen molar-refractivity contribution in [3.05, 3.63) is 45.9 Å². The first kappa shape index (κ1) is 17.6. The third-order valence-electron chi connectivity index (χ3n) is 3.39. The quantitative estimate of drug-likeness (QED) is 0.640. The molecule has 3 aromatic rings. The van der Waals surface area contributed by atoms with Crippen molar-refractivity contribution in [2.45, 2.75) is 37.7 Å². The van der Waals surface area contributed by atoms with Gasteiger partial charge in [0.15, 0.2) is 0 Å². The van der Waals surface area contributed by atoms with E-state index in [4.69, 9.17) is 0 Å². The van der Waals surface area contributed by atoms with E-state index in [0.717, 1.165) is 33.7 Å². The molecule has 2 aromatic heterocycles. The van der Waals surface area contributed by atoms with E-state index in [0.29, 0.717) is 5.75 Å². The van der Waals surface area contributed by atoms with Crippen LogP contribution in [-0.4, -0.2) is 31.1 Å². The van der Waals surface area contributed by atoms with Crippen LogP contribution < -0.4 is 5.32 Å². The molecular formula is C16H18N6OS2. The summed E-state index contributed by atoms with van der Waals surface area (Å²) in [6.07, 6.45) is 0.274. The van der Waals surface area contributed by atoms with Crippen molar-refractivity contribution in [1.82, 2.24) is 25.2 Å². The van der Waals surface area contributed by atoms with Gasteiger partial charge in [-0.05, 0) is 36.4 Å². The van der Waals surface area contributed by atoms with Crippen molar-refractivity contribution in [3.63, 3.8) is 0 Å². The molecular weight excluding hydrogens is 356 g/mol. The number of amides is 1. The highest BCUT2D eigenvalue weighted by Gasteiger charge is 2.11. The van der Waals surface area contributed by atoms with Gasteiger partial charge < -0.3 is 5.32 Å². The number of rotatable bonds is 7. The molecule has 0 saturated heterocycles. The summed E-state index contributed by atoms with van der Waals surface area (Å²) < 4.78 is 1.74. The second kappa shape index (κ2) is 8.21. The second-order valence-electron chi connectivity index (χ2n) is 5.39. The molecule has 1 amide bonds. The molecule has 0 fully saturated rings. The lowest BCUT2D eigenvalue weighted by atomic mass is 10.2. The Morgan fingerprint density at radius 1 is 1.32 bits per heavy atom. The minimum Gasteiger partial charge on any atom is -0.326 e. The average Bonchev–Trinajstić information content (AvgIpc) is 3.23. The van der Waals surface area contributed by atoms with Crippen molar-refractivity contribution in [3.8, 4) is 0 Å². The van der Waals surface area contributed by atoms with Crippen molar-refractivity contribution in [2.24, 2.45) is 0 Å². The number of nitrogens with zero attached hydrogens (tertiary/aromatic N) is 5. The van der Waals surface area contributed by atoms with Gasteiger partial charge in [-0.1, -0.05) is 29.5 Å². The molecule has 0 aliphatic rings. The van der Waals surface area contributed by atoms with Gasteiger partial charge >= 0.3 is 0 Å².